The summed E-state index contributed by atoms with van der Waals surface area (Å²) in [6.45, 7) is 19.6. The molecule has 24 heavy (non-hydrogen) atoms. The zero-order valence-electron chi connectivity index (χ0n) is 15.3. The second-order valence-corrected chi connectivity index (χ2v) is 6.94. The number of rotatable bonds is 7. The van der Waals surface area contributed by atoms with E-state index in [0.29, 0.717) is 19.1 Å². The monoisotopic (exact) mass is 331 g/mol. The fraction of sp³-hybridized carbons (Fsp3) is 0.526. The molecule has 0 fully saturated rings. The molecule has 5 heteroatoms. The van der Waals surface area contributed by atoms with Gasteiger partial charge in [-0.05, 0) is 33.3 Å². The zero-order valence-corrected chi connectivity index (χ0v) is 15.3. The molecule has 1 aromatic rings. The van der Waals surface area contributed by atoms with Crippen LogP contribution in [0.15, 0.2) is 42.6 Å². The lowest BCUT2D eigenvalue weighted by molar-refractivity contribution is 0.000695. The largest absolute Gasteiger partial charge is 0.472 e. The van der Waals surface area contributed by atoms with Crippen molar-refractivity contribution in [2.24, 2.45) is 0 Å². The molecule has 0 aromatic carbocycles. The summed E-state index contributed by atoms with van der Waals surface area (Å²) in [5.41, 5.74) is 3.03. The van der Waals surface area contributed by atoms with E-state index in [-0.39, 0.29) is 5.60 Å². The first-order valence-corrected chi connectivity index (χ1v) is 8.36. The first kappa shape index (κ1) is 18.3. The fourth-order valence-electron chi connectivity index (χ4n) is 2.39. The maximum atomic E-state index is 5.82. The molecule has 0 aliphatic carbocycles. The third-order valence-corrected chi connectivity index (χ3v) is 3.91. The Kier molecular flexibility index (Phi) is 5.89. The molecular weight excluding hydrogens is 302 g/mol. The van der Waals surface area contributed by atoms with E-state index in [9.17, 15) is 0 Å². The van der Waals surface area contributed by atoms with E-state index in [1.165, 1.54) is 0 Å². The minimum absolute atomic E-state index is 0.156. The summed E-state index contributed by atoms with van der Waals surface area (Å²) < 4.78 is 13.6. The third-order valence-electron chi connectivity index (χ3n) is 3.91. The van der Waals surface area contributed by atoms with Gasteiger partial charge in [0.1, 0.15) is 6.61 Å². The van der Waals surface area contributed by atoms with E-state index in [0.717, 1.165) is 36.6 Å². The van der Waals surface area contributed by atoms with E-state index in [1.54, 1.807) is 6.08 Å². The number of ether oxygens (including phenoxy) is 2. The van der Waals surface area contributed by atoms with Crippen LogP contribution in [0.3, 0.4) is 0 Å². The van der Waals surface area contributed by atoms with Crippen molar-refractivity contribution >= 4 is 0 Å². The van der Waals surface area contributed by atoms with Gasteiger partial charge in [-0.3, -0.25) is 4.68 Å². The molecular formula is C19H29N3O2. The fourth-order valence-corrected chi connectivity index (χ4v) is 2.39. The van der Waals surface area contributed by atoms with Crippen LogP contribution in [0.4, 0.5) is 0 Å². The number of nitrogens with zero attached hydrogens (tertiary/aromatic N) is 3. The van der Waals surface area contributed by atoms with Crippen LogP contribution in [0.1, 0.15) is 33.4 Å². The van der Waals surface area contributed by atoms with Crippen LogP contribution in [0.5, 0.6) is 5.88 Å². The number of fused-ring (bicyclic) bond motifs is 1. The molecule has 0 N–H and O–H groups in total. The number of hydrogen-bond acceptors (Lipinski definition) is 4. The van der Waals surface area contributed by atoms with E-state index < -0.39 is 0 Å². The Morgan fingerprint density at radius 3 is 2.71 bits per heavy atom. The highest BCUT2D eigenvalue weighted by Crippen LogP contribution is 2.21. The van der Waals surface area contributed by atoms with Gasteiger partial charge < -0.3 is 14.4 Å². The van der Waals surface area contributed by atoms with Crippen LogP contribution in [-0.4, -0.2) is 40.0 Å². The summed E-state index contributed by atoms with van der Waals surface area (Å²) >= 11 is 0. The molecule has 0 bridgehead atoms. The Morgan fingerprint density at radius 1 is 1.33 bits per heavy atom. The van der Waals surface area contributed by atoms with Crippen molar-refractivity contribution in [1.82, 2.24) is 14.7 Å². The minimum Gasteiger partial charge on any atom is -0.472 e. The highest BCUT2D eigenvalue weighted by atomic mass is 16.5. The first-order chi connectivity index (χ1) is 11.3. The van der Waals surface area contributed by atoms with Gasteiger partial charge in [0.2, 0.25) is 5.88 Å². The highest BCUT2D eigenvalue weighted by Gasteiger charge is 2.21. The quantitative estimate of drug-likeness (QED) is 0.717. The van der Waals surface area contributed by atoms with Crippen molar-refractivity contribution in [3.05, 3.63) is 48.3 Å². The maximum absolute atomic E-state index is 5.82. The van der Waals surface area contributed by atoms with Gasteiger partial charge in [-0.1, -0.05) is 25.3 Å². The van der Waals surface area contributed by atoms with Crippen LogP contribution in [-0.2, 0) is 17.8 Å². The zero-order chi connectivity index (χ0) is 17.7. The molecule has 132 valence electrons. The van der Waals surface area contributed by atoms with Crippen molar-refractivity contribution in [2.45, 2.75) is 46.4 Å². The third kappa shape index (κ3) is 4.99. The van der Waals surface area contributed by atoms with Gasteiger partial charge in [0.05, 0.1) is 31.0 Å². The Hall–Kier alpha value is -2.01. The highest BCUT2D eigenvalue weighted by molar-refractivity contribution is 5.21. The Balaban J connectivity index is 1.93. The normalized spacial score (nSPS) is 15.2. The molecule has 0 spiro atoms. The van der Waals surface area contributed by atoms with Gasteiger partial charge in [-0.2, -0.15) is 0 Å². The van der Waals surface area contributed by atoms with E-state index in [1.807, 2.05) is 23.7 Å². The predicted molar refractivity (Wildman–Crippen MR) is 96.9 cm³/mol. The molecule has 1 aliphatic heterocycles. The minimum atomic E-state index is -0.156. The Labute approximate surface area is 145 Å². The Bertz CT molecular complexity index is 623. The Morgan fingerprint density at radius 2 is 2.08 bits per heavy atom. The number of aromatic nitrogens is 2. The topological polar surface area (TPSA) is 39.5 Å². The molecule has 0 saturated carbocycles. The number of allylic oxidation sites excluding steroid dienone is 1. The van der Waals surface area contributed by atoms with Crippen LogP contribution < -0.4 is 4.74 Å². The summed E-state index contributed by atoms with van der Waals surface area (Å²) in [6, 6.07) is 2.00. The summed E-state index contributed by atoms with van der Waals surface area (Å²) in [7, 11) is 0. The van der Waals surface area contributed by atoms with Crippen LogP contribution >= 0.6 is 0 Å². The van der Waals surface area contributed by atoms with Crippen molar-refractivity contribution in [1.29, 1.82) is 0 Å². The maximum Gasteiger partial charge on any atom is 0.233 e. The second-order valence-electron chi connectivity index (χ2n) is 6.94. The van der Waals surface area contributed by atoms with Gasteiger partial charge in [0.25, 0.3) is 0 Å². The van der Waals surface area contributed by atoms with Gasteiger partial charge in [-0.25, -0.2) is 0 Å². The standard InChI is InChI=1S/C19H29N3O2/c1-7-16(8-2)14-23-18-11-17-12-21(9-10-22(17)20-18)15(3)13-24-19(4,5)6/h7-8,11H,1,3,9-10,12-14H2,2,4-6H3/b16-8+. The first-order valence-electron chi connectivity index (χ1n) is 8.36. The van der Waals surface area contributed by atoms with Crippen LogP contribution in [0.25, 0.3) is 0 Å². The molecule has 0 radical (unpaired) electrons. The molecule has 2 heterocycles. The van der Waals surface area contributed by atoms with Crippen molar-refractivity contribution in [3.63, 3.8) is 0 Å². The van der Waals surface area contributed by atoms with Crippen LogP contribution in [0, 0.1) is 0 Å². The molecule has 0 saturated heterocycles. The molecule has 0 atom stereocenters. The summed E-state index contributed by atoms with van der Waals surface area (Å²) in [5.74, 6) is 0.657. The van der Waals surface area contributed by atoms with E-state index in [4.69, 9.17) is 9.47 Å². The molecule has 0 unspecified atom stereocenters. The van der Waals surface area contributed by atoms with Gasteiger partial charge in [-0.15, -0.1) is 5.10 Å². The van der Waals surface area contributed by atoms with Gasteiger partial charge >= 0.3 is 0 Å². The summed E-state index contributed by atoms with van der Waals surface area (Å²) in [5, 5.41) is 4.52. The van der Waals surface area contributed by atoms with Crippen LogP contribution in [0.2, 0.25) is 0 Å². The van der Waals surface area contributed by atoms with E-state index >= 15 is 0 Å². The predicted octanol–water partition coefficient (Wildman–Crippen LogP) is 3.54. The van der Waals surface area contributed by atoms with E-state index in [2.05, 4.69) is 43.9 Å². The van der Waals surface area contributed by atoms with Gasteiger partial charge in [0, 0.05) is 18.3 Å². The SMILES string of the molecule is C=C/C(=C\C)COc1cc2n(n1)CCN(C(=C)COC(C)(C)C)C2. The van der Waals surface area contributed by atoms with Gasteiger partial charge in [0.15, 0.2) is 0 Å². The average molecular weight is 331 g/mol. The molecule has 2 rings (SSSR count). The molecule has 1 aliphatic rings. The smallest absolute Gasteiger partial charge is 0.233 e. The summed E-state index contributed by atoms with van der Waals surface area (Å²) in [6.07, 6.45) is 3.79. The molecule has 0 amide bonds. The number of hydrogen-bond donors (Lipinski definition) is 0. The van der Waals surface area contributed by atoms with Crippen molar-refractivity contribution < 1.29 is 9.47 Å². The molecule has 1 aromatic heterocycles. The van der Waals surface area contributed by atoms with Crippen molar-refractivity contribution in [2.75, 3.05) is 19.8 Å². The second kappa shape index (κ2) is 7.71. The molecule has 5 nitrogen and oxygen atoms in total. The lowest BCUT2D eigenvalue weighted by Crippen LogP contribution is -2.35. The average Bonchev–Trinajstić information content (AvgIpc) is 2.94. The van der Waals surface area contributed by atoms with Crippen molar-refractivity contribution in [3.8, 4) is 5.88 Å². The lowest BCUT2D eigenvalue weighted by Gasteiger charge is -2.32. The summed E-state index contributed by atoms with van der Waals surface area (Å²) in [4.78, 5) is 2.24. The lowest BCUT2D eigenvalue weighted by atomic mass is 10.2.